The van der Waals surface area contributed by atoms with Crippen LogP contribution in [0.25, 0.3) is 0 Å². The summed E-state index contributed by atoms with van der Waals surface area (Å²) in [4.78, 5) is 7.51. The molecule has 1 rings (SSSR count). The minimum Gasteiger partial charge on any atom is -0.478 e. The Balaban J connectivity index is 2.69. The summed E-state index contributed by atoms with van der Waals surface area (Å²) in [5, 5.41) is 7.33. The van der Waals surface area contributed by atoms with Gasteiger partial charge in [-0.05, 0) is 6.92 Å². The summed E-state index contributed by atoms with van der Waals surface area (Å²) in [6, 6.07) is 0. The van der Waals surface area contributed by atoms with Gasteiger partial charge in [0.05, 0.1) is 12.2 Å². The van der Waals surface area contributed by atoms with Crippen LogP contribution in [-0.2, 0) is 4.74 Å². The number of rotatable bonds is 2. The van der Waals surface area contributed by atoms with E-state index in [1.807, 2.05) is 6.92 Å². The lowest BCUT2D eigenvalue weighted by Crippen LogP contribution is -2.05. The molecule has 0 spiro atoms. The first kappa shape index (κ1) is 7.65. The van der Waals surface area contributed by atoms with E-state index < -0.39 is 0 Å². The molecule has 0 amide bonds. The van der Waals surface area contributed by atoms with Crippen molar-refractivity contribution in [1.82, 2.24) is 9.97 Å². The van der Waals surface area contributed by atoms with Crippen LogP contribution in [0.15, 0.2) is 18.7 Å². The van der Waals surface area contributed by atoms with Gasteiger partial charge >= 0.3 is 0 Å². The molecule has 0 aliphatic heterocycles. The van der Waals surface area contributed by atoms with E-state index in [2.05, 4.69) is 9.97 Å². The summed E-state index contributed by atoms with van der Waals surface area (Å²) in [5.41, 5.74) is 0.606. The lowest BCUT2D eigenvalue weighted by atomic mass is 10.3. The lowest BCUT2D eigenvalue weighted by Gasteiger charge is -2.01. The van der Waals surface area contributed by atoms with Crippen molar-refractivity contribution >= 4 is 5.90 Å². The van der Waals surface area contributed by atoms with Gasteiger partial charge in [0.15, 0.2) is 0 Å². The Labute approximate surface area is 64.8 Å². The molecular weight excluding hydrogens is 142 g/mol. The van der Waals surface area contributed by atoms with Gasteiger partial charge in [-0.1, -0.05) is 0 Å². The minimum absolute atomic E-state index is 0.119. The molecule has 0 fully saturated rings. The topological polar surface area (TPSA) is 58.9 Å². The van der Waals surface area contributed by atoms with E-state index >= 15 is 0 Å². The molecule has 0 atom stereocenters. The zero-order chi connectivity index (χ0) is 8.10. The van der Waals surface area contributed by atoms with E-state index in [4.69, 9.17) is 10.1 Å². The summed E-state index contributed by atoms with van der Waals surface area (Å²) in [6.07, 6.45) is 4.51. The van der Waals surface area contributed by atoms with Crippen molar-refractivity contribution in [3.63, 3.8) is 0 Å². The van der Waals surface area contributed by atoms with Crippen molar-refractivity contribution in [2.45, 2.75) is 6.92 Å². The highest BCUT2D eigenvalue weighted by atomic mass is 16.5. The van der Waals surface area contributed by atoms with Crippen molar-refractivity contribution in [3.05, 3.63) is 24.3 Å². The molecule has 1 N–H and O–H groups in total. The monoisotopic (exact) mass is 151 g/mol. The van der Waals surface area contributed by atoms with Gasteiger partial charge in [0.25, 0.3) is 0 Å². The molecule has 1 aromatic rings. The fraction of sp³-hybridized carbons (Fsp3) is 0.286. The van der Waals surface area contributed by atoms with Crippen molar-refractivity contribution < 1.29 is 4.74 Å². The Bertz CT molecular complexity index is 235. The number of aromatic nitrogens is 2. The third-order valence-corrected chi connectivity index (χ3v) is 1.11. The summed E-state index contributed by atoms with van der Waals surface area (Å²) >= 11 is 0. The summed E-state index contributed by atoms with van der Waals surface area (Å²) in [5.74, 6) is 0.119. The molecule has 0 saturated carbocycles. The highest BCUT2D eigenvalue weighted by Crippen LogP contribution is 1.95. The minimum atomic E-state index is 0.119. The van der Waals surface area contributed by atoms with Gasteiger partial charge in [-0.2, -0.15) is 0 Å². The molecular formula is C7H9N3O. The van der Waals surface area contributed by atoms with Crippen LogP contribution < -0.4 is 0 Å². The Morgan fingerprint density at radius 2 is 2.18 bits per heavy atom. The molecule has 0 bridgehead atoms. The molecule has 4 heteroatoms. The average Bonchev–Trinajstić information content (AvgIpc) is 2.07. The normalized spacial score (nSPS) is 9.18. The van der Waals surface area contributed by atoms with Gasteiger partial charge in [0.2, 0.25) is 5.90 Å². The number of ether oxygens (including phenoxy) is 1. The first-order valence-corrected chi connectivity index (χ1v) is 3.31. The fourth-order valence-electron chi connectivity index (χ4n) is 0.644. The number of hydrogen-bond donors (Lipinski definition) is 1. The first-order valence-electron chi connectivity index (χ1n) is 3.31. The van der Waals surface area contributed by atoms with Crippen LogP contribution in [0.3, 0.4) is 0 Å². The predicted molar refractivity (Wildman–Crippen MR) is 40.5 cm³/mol. The van der Waals surface area contributed by atoms with Gasteiger partial charge in [-0.3, -0.25) is 5.41 Å². The molecule has 58 valence electrons. The zero-order valence-corrected chi connectivity index (χ0v) is 6.24. The van der Waals surface area contributed by atoms with Gasteiger partial charge in [-0.25, -0.2) is 9.97 Å². The molecule has 0 radical (unpaired) electrons. The second-order valence-corrected chi connectivity index (χ2v) is 1.89. The first-order chi connectivity index (χ1) is 5.34. The van der Waals surface area contributed by atoms with Crippen molar-refractivity contribution in [1.29, 1.82) is 5.41 Å². The molecule has 11 heavy (non-hydrogen) atoms. The number of nitrogens with zero attached hydrogens (tertiary/aromatic N) is 2. The van der Waals surface area contributed by atoms with Gasteiger partial charge in [0.1, 0.15) is 6.33 Å². The standard InChI is InChI=1S/C7H9N3O/c1-2-11-7(8)6-3-9-5-10-4-6/h3-5,8H,2H2,1H3. The van der Waals surface area contributed by atoms with Crippen LogP contribution in [0.5, 0.6) is 0 Å². The van der Waals surface area contributed by atoms with Gasteiger partial charge in [-0.15, -0.1) is 0 Å². The average molecular weight is 151 g/mol. The van der Waals surface area contributed by atoms with Crippen LogP contribution in [0.2, 0.25) is 0 Å². The van der Waals surface area contributed by atoms with E-state index in [1.54, 1.807) is 12.4 Å². The highest BCUT2D eigenvalue weighted by Gasteiger charge is 1.99. The third kappa shape index (κ3) is 2.00. The smallest absolute Gasteiger partial charge is 0.216 e. The van der Waals surface area contributed by atoms with E-state index in [9.17, 15) is 0 Å². The maximum atomic E-state index is 7.33. The largest absolute Gasteiger partial charge is 0.478 e. The highest BCUT2D eigenvalue weighted by molar-refractivity contribution is 5.90. The van der Waals surface area contributed by atoms with Gasteiger partial charge in [0, 0.05) is 12.4 Å². The molecule has 0 aromatic carbocycles. The second kappa shape index (κ2) is 3.65. The van der Waals surface area contributed by atoms with Crippen LogP contribution >= 0.6 is 0 Å². The second-order valence-electron chi connectivity index (χ2n) is 1.89. The van der Waals surface area contributed by atoms with Crippen molar-refractivity contribution in [2.24, 2.45) is 0 Å². The number of nitrogens with one attached hydrogen (secondary N) is 1. The van der Waals surface area contributed by atoms with Crippen molar-refractivity contribution in [2.75, 3.05) is 6.61 Å². The molecule has 0 aliphatic rings. The molecule has 0 saturated heterocycles. The maximum absolute atomic E-state index is 7.33. The van der Waals surface area contributed by atoms with Crippen LogP contribution in [0.4, 0.5) is 0 Å². The third-order valence-electron chi connectivity index (χ3n) is 1.11. The van der Waals surface area contributed by atoms with Crippen molar-refractivity contribution in [3.8, 4) is 0 Å². The van der Waals surface area contributed by atoms with Gasteiger partial charge < -0.3 is 4.74 Å². The SMILES string of the molecule is CCOC(=N)c1cncnc1. The Morgan fingerprint density at radius 1 is 1.55 bits per heavy atom. The fourth-order valence-corrected chi connectivity index (χ4v) is 0.644. The lowest BCUT2D eigenvalue weighted by molar-refractivity contribution is 0.325. The van der Waals surface area contributed by atoms with Crippen LogP contribution in [-0.4, -0.2) is 22.5 Å². The van der Waals surface area contributed by atoms with E-state index in [-0.39, 0.29) is 5.90 Å². The molecule has 1 heterocycles. The maximum Gasteiger partial charge on any atom is 0.216 e. The van der Waals surface area contributed by atoms with E-state index in [1.165, 1.54) is 6.33 Å². The Hall–Kier alpha value is -1.45. The van der Waals surface area contributed by atoms with Crippen LogP contribution in [0, 0.1) is 5.41 Å². The van der Waals surface area contributed by atoms with Crippen LogP contribution in [0.1, 0.15) is 12.5 Å². The molecule has 1 aromatic heterocycles. The van der Waals surface area contributed by atoms with E-state index in [0.29, 0.717) is 12.2 Å². The Morgan fingerprint density at radius 3 is 2.73 bits per heavy atom. The molecule has 0 aliphatic carbocycles. The number of hydrogen-bond acceptors (Lipinski definition) is 4. The van der Waals surface area contributed by atoms with E-state index in [0.717, 1.165) is 0 Å². The zero-order valence-electron chi connectivity index (χ0n) is 6.24. The summed E-state index contributed by atoms with van der Waals surface area (Å²) < 4.78 is 4.93. The quantitative estimate of drug-likeness (QED) is 0.503. The predicted octanol–water partition coefficient (Wildman–Crippen LogP) is 0.838. The molecule has 4 nitrogen and oxygen atoms in total. The summed E-state index contributed by atoms with van der Waals surface area (Å²) in [7, 11) is 0. The summed E-state index contributed by atoms with van der Waals surface area (Å²) in [6.45, 7) is 2.33. The Kier molecular flexibility index (Phi) is 2.54. The molecule has 0 unspecified atom stereocenters.